The summed E-state index contributed by atoms with van der Waals surface area (Å²) in [6.07, 6.45) is 0. The Hall–Kier alpha value is -2.28. The fraction of sp³-hybridized carbons (Fsp3) is 0.267. The third-order valence-corrected chi connectivity index (χ3v) is 4.37. The molecule has 0 bridgehead atoms. The van der Waals surface area contributed by atoms with Crippen molar-refractivity contribution in [2.24, 2.45) is 0 Å². The molecule has 1 aromatic carbocycles. The fourth-order valence-electron chi connectivity index (χ4n) is 2.31. The van der Waals surface area contributed by atoms with Gasteiger partial charge in [0, 0.05) is 12.4 Å². The average Bonchev–Trinajstić information content (AvgIpc) is 2.97. The number of nitrogens with one attached hydrogen (secondary N) is 1. The van der Waals surface area contributed by atoms with E-state index < -0.39 is 0 Å². The predicted molar refractivity (Wildman–Crippen MR) is 86.6 cm³/mol. The number of aryl methyl sites for hydroxylation is 1. The van der Waals surface area contributed by atoms with Gasteiger partial charge in [-0.05, 0) is 36.8 Å². The number of thioether (sulfide) groups is 1. The lowest BCUT2D eigenvalue weighted by Gasteiger charge is -2.08. The molecule has 0 aliphatic carbocycles. The Balaban J connectivity index is 2.16. The smallest absolute Gasteiger partial charge is 0.230 e. The van der Waals surface area contributed by atoms with Crippen LogP contribution in [0.15, 0.2) is 29.4 Å². The number of carbonyl (C=O) groups excluding carboxylic acids is 1. The lowest BCUT2D eigenvalue weighted by molar-refractivity contribution is -0.118. The Kier molecular flexibility index (Phi) is 3.89. The Labute approximate surface area is 131 Å². The first-order chi connectivity index (χ1) is 10.6. The van der Waals surface area contributed by atoms with E-state index in [0.29, 0.717) is 10.9 Å². The van der Waals surface area contributed by atoms with Crippen molar-refractivity contribution >= 4 is 34.2 Å². The van der Waals surface area contributed by atoms with Crippen molar-refractivity contribution in [1.82, 2.24) is 19.9 Å². The molecular weight excluding hydrogens is 300 g/mol. The van der Waals surface area contributed by atoms with E-state index in [2.05, 4.69) is 21.6 Å². The monoisotopic (exact) mass is 316 g/mol. The lowest BCUT2D eigenvalue weighted by Crippen LogP contribution is -2.19. The van der Waals surface area contributed by atoms with E-state index in [4.69, 9.17) is 4.74 Å². The second-order valence-corrected chi connectivity index (χ2v) is 5.80. The number of amides is 1. The molecule has 114 valence electrons. The van der Waals surface area contributed by atoms with Crippen molar-refractivity contribution in [3.05, 3.63) is 29.8 Å². The van der Waals surface area contributed by atoms with Crippen molar-refractivity contribution in [3.63, 3.8) is 0 Å². The highest BCUT2D eigenvalue weighted by molar-refractivity contribution is 7.99. The molecule has 0 saturated heterocycles. The van der Waals surface area contributed by atoms with Gasteiger partial charge in [0.05, 0.1) is 18.4 Å². The molecule has 0 aliphatic rings. The number of hydrogen-bond donors (Lipinski definition) is 1. The molecule has 2 heterocycles. The fourth-order valence-corrected chi connectivity index (χ4v) is 3.13. The van der Waals surface area contributed by atoms with Gasteiger partial charge in [0.2, 0.25) is 5.91 Å². The second kappa shape index (κ2) is 5.84. The Morgan fingerprint density at radius 3 is 2.91 bits per heavy atom. The van der Waals surface area contributed by atoms with Gasteiger partial charge in [-0.2, -0.15) is 0 Å². The van der Waals surface area contributed by atoms with Gasteiger partial charge in [-0.3, -0.25) is 9.20 Å². The molecule has 3 aromatic rings. The SMILES string of the molecule is CNC(=O)CSc1nnc2c(C)cc3cc(OC)ccc3n12. The maximum atomic E-state index is 11.5. The summed E-state index contributed by atoms with van der Waals surface area (Å²) in [5.41, 5.74) is 2.82. The van der Waals surface area contributed by atoms with Crippen LogP contribution in [-0.4, -0.2) is 40.4 Å². The quantitative estimate of drug-likeness (QED) is 0.746. The number of rotatable bonds is 4. The van der Waals surface area contributed by atoms with Crippen LogP contribution in [0.25, 0.3) is 16.6 Å². The van der Waals surface area contributed by atoms with E-state index in [1.165, 1.54) is 11.8 Å². The van der Waals surface area contributed by atoms with Crippen molar-refractivity contribution in [2.45, 2.75) is 12.1 Å². The number of hydrogen-bond acceptors (Lipinski definition) is 5. The number of pyridine rings is 1. The maximum Gasteiger partial charge on any atom is 0.230 e. The molecular formula is C15H16N4O2S. The van der Waals surface area contributed by atoms with Gasteiger partial charge in [-0.1, -0.05) is 11.8 Å². The van der Waals surface area contributed by atoms with Crippen LogP contribution in [0.3, 0.4) is 0 Å². The van der Waals surface area contributed by atoms with Gasteiger partial charge in [-0.25, -0.2) is 0 Å². The van der Waals surface area contributed by atoms with E-state index in [9.17, 15) is 4.79 Å². The van der Waals surface area contributed by atoms with Crippen LogP contribution in [0, 0.1) is 6.92 Å². The molecule has 0 atom stereocenters. The highest BCUT2D eigenvalue weighted by atomic mass is 32.2. The standard InChI is InChI=1S/C15H16N4O2S/c1-9-6-10-7-11(21-3)4-5-12(10)19-14(9)17-18-15(19)22-8-13(20)16-2/h4-7H,8H2,1-3H3,(H,16,20). The molecule has 0 aliphatic heterocycles. The van der Waals surface area contributed by atoms with Crippen molar-refractivity contribution in [2.75, 3.05) is 19.9 Å². The molecule has 1 amide bonds. The number of methoxy groups -OCH3 is 1. The number of carbonyl (C=O) groups is 1. The molecule has 1 N–H and O–H groups in total. The molecule has 0 saturated carbocycles. The molecule has 0 spiro atoms. The van der Waals surface area contributed by atoms with Gasteiger partial charge in [0.15, 0.2) is 10.8 Å². The van der Waals surface area contributed by atoms with Gasteiger partial charge >= 0.3 is 0 Å². The molecule has 6 nitrogen and oxygen atoms in total. The molecule has 7 heteroatoms. The zero-order chi connectivity index (χ0) is 15.7. The second-order valence-electron chi connectivity index (χ2n) is 4.86. The molecule has 0 fully saturated rings. The van der Waals surface area contributed by atoms with Crippen LogP contribution in [0.1, 0.15) is 5.56 Å². The Bertz CT molecular complexity index is 859. The van der Waals surface area contributed by atoms with E-state index in [0.717, 1.165) is 27.9 Å². The predicted octanol–water partition coefficient (Wildman–Crippen LogP) is 2.04. The summed E-state index contributed by atoms with van der Waals surface area (Å²) in [5, 5.41) is 12.8. The summed E-state index contributed by atoms with van der Waals surface area (Å²) in [6, 6.07) is 7.93. The summed E-state index contributed by atoms with van der Waals surface area (Å²) in [6.45, 7) is 2.00. The molecule has 3 rings (SSSR count). The van der Waals surface area contributed by atoms with Crippen molar-refractivity contribution in [1.29, 1.82) is 0 Å². The third-order valence-electron chi connectivity index (χ3n) is 3.44. The van der Waals surface area contributed by atoms with Crippen LogP contribution in [-0.2, 0) is 4.79 Å². The number of ether oxygens (including phenoxy) is 1. The lowest BCUT2D eigenvalue weighted by atomic mass is 10.1. The van der Waals surface area contributed by atoms with E-state index in [1.807, 2.05) is 29.5 Å². The van der Waals surface area contributed by atoms with E-state index in [1.54, 1.807) is 14.2 Å². The third kappa shape index (κ3) is 2.48. The highest BCUT2D eigenvalue weighted by Crippen LogP contribution is 2.27. The minimum absolute atomic E-state index is 0.0413. The van der Waals surface area contributed by atoms with Crippen molar-refractivity contribution in [3.8, 4) is 5.75 Å². The number of nitrogens with zero attached hydrogens (tertiary/aromatic N) is 3. The molecule has 0 radical (unpaired) electrons. The summed E-state index contributed by atoms with van der Waals surface area (Å²) < 4.78 is 7.26. The first-order valence-corrected chi connectivity index (χ1v) is 7.78. The maximum absolute atomic E-state index is 11.5. The summed E-state index contributed by atoms with van der Waals surface area (Å²) in [7, 11) is 3.27. The average molecular weight is 316 g/mol. The number of benzene rings is 1. The Morgan fingerprint density at radius 1 is 1.36 bits per heavy atom. The summed E-state index contributed by atoms with van der Waals surface area (Å²) >= 11 is 1.37. The largest absolute Gasteiger partial charge is 0.497 e. The topological polar surface area (TPSA) is 68.5 Å². The van der Waals surface area contributed by atoms with E-state index >= 15 is 0 Å². The number of aromatic nitrogens is 3. The van der Waals surface area contributed by atoms with Gasteiger partial charge in [0.25, 0.3) is 0 Å². The first-order valence-electron chi connectivity index (χ1n) is 6.80. The van der Waals surface area contributed by atoms with Crippen LogP contribution in [0.2, 0.25) is 0 Å². The van der Waals surface area contributed by atoms with Crippen molar-refractivity contribution < 1.29 is 9.53 Å². The van der Waals surface area contributed by atoms with Gasteiger partial charge in [-0.15, -0.1) is 10.2 Å². The normalized spacial score (nSPS) is 11.0. The Morgan fingerprint density at radius 2 is 2.18 bits per heavy atom. The van der Waals surface area contributed by atoms with Crippen LogP contribution >= 0.6 is 11.8 Å². The summed E-state index contributed by atoms with van der Waals surface area (Å²) in [4.78, 5) is 11.5. The first kappa shape index (κ1) is 14.6. The minimum atomic E-state index is -0.0413. The van der Waals surface area contributed by atoms with Gasteiger partial charge < -0.3 is 10.1 Å². The summed E-state index contributed by atoms with van der Waals surface area (Å²) in [5.74, 6) is 1.07. The van der Waals surface area contributed by atoms with Crippen LogP contribution < -0.4 is 10.1 Å². The van der Waals surface area contributed by atoms with Crippen LogP contribution in [0.4, 0.5) is 0 Å². The highest BCUT2D eigenvalue weighted by Gasteiger charge is 2.13. The molecule has 22 heavy (non-hydrogen) atoms. The molecule has 2 aromatic heterocycles. The zero-order valence-corrected chi connectivity index (χ0v) is 13.4. The van der Waals surface area contributed by atoms with E-state index in [-0.39, 0.29) is 5.91 Å². The number of fused-ring (bicyclic) bond motifs is 3. The van der Waals surface area contributed by atoms with Gasteiger partial charge in [0.1, 0.15) is 5.75 Å². The minimum Gasteiger partial charge on any atom is -0.497 e. The molecule has 0 unspecified atom stereocenters. The van der Waals surface area contributed by atoms with Crippen LogP contribution in [0.5, 0.6) is 5.75 Å². The zero-order valence-electron chi connectivity index (χ0n) is 12.6.